The highest BCUT2D eigenvalue weighted by Crippen LogP contribution is 2.45. The Morgan fingerprint density at radius 2 is 0.542 bits per heavy atom. The second kappa shape index (κ2) is 68.7. The smallest absolute Gasteiger partial charge is 0.462 e. The number of aliphatic hydroxyl groups is 1. The maximum absolute atomic E-state index is 13.0. The number of esters is 4. The summed E-state index contributed by atoms with van der Waals surface area (Å²) in [6, 6.07) is 0. The van der Waals surface area contributed by atoms with Gasteiger partial charge in [0.15, 0.2) is 12.2 Å². The molecule has 0 aliphatic carbocycles. The molecule has 5 atom stereocenters. The third-order valence-electron chi connectivity index (χ3n) is 14.5. The van der Waals surface area contributed by atoms with Crippen molar-refractivity contribution in [2.75, 3.05) is 39.6 Å². The van der Waals surface area contributed by atoms with Crippen LogP contribution in [0.1, 0.15) is 272 Å². The van der Waals surface area contributed by atoms with Crippen LogP contribution in [0.25, 0.3) is 0 Å². The third-order valence-corrected chi connectivity index (χ3v) is 16.4. The van der Waals surface area contributed by atoms with Crippen LogP contribution in [0, 0.1) is 0 Å². The summed E-state index contributed by atoms with van der Waals surface area (Å²) in [5.74, 6) is -2.28. The maximum atomic E-state index is 13.0. The van der Waals surface area contributed by atoms with E-state index < -0.39 is 97.5 Å². The predicted molar refractivity (Wildman–Crippen MR) is 390 cm³/mol. The van der Waals surface area contributed by atoms with Gasteiger partial charge < -0.3 is 33.8 Å². The number of hydrogen-bond donors (Lipinski definition) is 3. The molecule has 0 aliphatic heterocycles. The van der Waals surface area contributed by atoms with Gasteiger partial charge in [-0.25, -0.2) is 9.13 Å². The van der Waals surface area contributed by atoms with Gasteiger partial charge in [-0.15, -0.1) is 0 Å². The molecule has 17 nitrogen and oxygen atoms in total. The van der Waals surface area contributed by atoms with E-state index in [2.05, 4.69) is 161 Å². The number of unbranched alkanes of at least 4 members (excludes halogenated alkanes) is 19. The monoisotopic (exact) mass is 1390 g/mol. The molecule has 0 rings (SSSR count). The van der Waals surface area contributed by atoms with Gasteiger partial charge in [0.1, 0.15) is 19.3 Å². The maximum Gasteiger partial charge on any atom is 0.472 e. The Hall–Kier alpha value is -4.80. The summed E-state index contributed by atoms with van der Waals surface area (Å²) >= 11 is 0. The average Bonchev–Trinajstić information content (AvgIpc) is 1.14. The zero-order valence-corrected chi connectivity index (χ0v) is 61.3. The van der Waals surface area contributed by atoms with Crippen molar-refractivity contribution in [2.24, 2.45) is 0 Å². The number of carbonyl (C=O) groups is 4. The van der Waals surface area contributed by atoms with E-state index in [9.17, 15) is 43.2 Å². The Morgan fingerprint density at radius 1 is 0.302 bits per heavy atom. The summed E-state index contributed by atoms with van der Waals surface area (Å²) < 4.78 is 68.3. The van der Waals surface area contributed by atoms with Crippen LogP contribution in [0.5, 0.6) is 0 Å². The Labute approximate surface area is 580 Å². The molecular formula is C77H128O17P2. The summed E-state index contributed by atoms with van der Waals surface area (Å²) in [7, 11) is -9.97. The number of hydrogen-bond acceptors (Lipinski definition) is 15. The van der Waals surface area contributed by atoms with Crippen LogP contribution in [-0.4, -0.2) is 96.7 Å². The number of phosphoric ester groups is 2. The van der Waals surface area contributed by atoms with Gasteiger partial charge in [-0.3, -0.25) is 37.3 Å². The van der Waals surface area contributed by atoms with E-state index in [1.807, 2.05) is 0 Å². The first-order valence-electron chi connectivity index (χ1n) is 36.4. The van der Waals surface area contributed by atoms with Gasteiger partial charge in [-0.2, -0.15) is 0 Å². The number of phosphoric acid groups is 2. The standard InChI is InChI=1S/C77H128O17P2/c1-5-9-13-17-21-25-29-33-35-39-41-45-49-53-57-61-74(79)87-67-72(93-76(81)63-59-55-51-47-43-37-31-27-23-19-15-11-7-3)69-91-95(83,84)89-65-71(78)66-90-96(85,86)92-70-73(94-77(82)64-60-56-52-48-44-38-32-28-24-20-16-12-8-4)68-88-75(80)62-58-54-50-46-42-40-36-34-30-26-22-18-14-10-6-2/h9-10,13-16,19-22,25-28,31-36,41,45,71-73,78H,5-8,11-12,17-18,23-24,29-30,37-40,42-44,46-70H2,1-4H3,(H,83,84)(H,85,86)/b13-9-,14-10-,19-15-,20-16-,25-21-,26-22-,31-27-,32-28-,35-33-,36-34-,45-41-. The normalized spacial score (nSPS) is 14.8. The quantitative estimate of drug-likeness (QED) is 0.0169. The first kappa shape index (κ1) is 91.2. The van der Waals surface area contributed by atoms with Crippen LogP contribution in [0.15, 0.2) is 134 Å². The van der Waals surface area contributed by atoms with Crippen LogP contribution >= 0.6 is 15.6 Å². The van der Waals surface area contributed by atoms with Crippen molar-refractivity contribution in [3.05, 3.63) is 134 Å². The molecule has 5 unspecified atom stereocenters. The Balaban J connectivity index is 5.41. The van der Waals surface area contributed by atoms with Gasteiger partial charge >= 0.3 is 39.5 Å². The molecule has 0 radical (unpaired) electrons. The lowest BCUT2D eigenvalue weighted by Gasteiger charge is -2.21. The zero-order valence-electron chi connectivity index (χ0n) is 59.5. The first-order valence-corrected chi connectivity index (χ1v) is 39.4. The highest BCUT2D eigenvalue weighted by Gasteiger charge is 2.30. The van der Waals surface area contributed by atoms with Gasteiger partial charge in [0.2, 0.25) is 0 Å². The van der Waals surface area contributed by atoms with E-state index in [4.69, 9.17) is 37.0 Å². The molecule has 19 heteroatoms. The molecule has 0 spiro atoms. The molecule has 0 heterocycles. The topological polar surface area (TPSA) is 237 Å². The first-order chi connectivity index (χ1) is 46.7. The summed E-state index contributed by atoms with van der Waals surface area (Å²) in [6.45, 7) is 4.39. The molecule has 0 bridgehead atoms. The van der Waals surface area contributed by atoms with Crippen molar-refractivity contribution in [3.8, 4) is 0 Å². The Bertz CT molecular complexity index is 2350. The Morgan fingerprint density at radius 3 is 0.854 bits per heavy atom. The molecule has 0 saturated heterocycles. The lowest BCUT2D eigenvalue weighted by atomic mass is 10.1. The fourth-order valence-corrected chi connectivity index (χ4v) is 10.6. The molecular weight excluding hydrogens is 1260 g/mol. The molecule has 0 fully saturated rings. The van der Waals surface area contributed by atoms with E-state index in [1.165, 1.54) is 0 Å². The van der Waals surface area contributed by atoms with Crippen LogP contribution in [0.4, 0.5) is 0 Å². The van der Waals surface area contributed by atoms with Gasteiger partial charge in [0.25, 0.3) is 0 Å². The average molecular weight is 1390 g/mol. The minimum absolute atomic E-state index is 0.0656. The van der Waals surface area contributed by atoms with E-state index in [0.717, 1.165) is 193 Å². The molecule has 96 heavy (non-hydrogen) atoms. The fraction of sp³-hybridized carbons (Fsp3) is 0.662. The predicted octanol–water partition coefficient (Wildman–Crippen LogP) is 20.5. The molecule has 548 valence electrons. The molecule has 0 saturated carbocycles. The number of rotatable bonds is 67. The van der Waals surface area contributed by atoms with Crippen molar-refractivity contribution < 1.29 is 80.2 Å². The van der Waals surface area contributed by atoms with Gasteiger partial charge in [0.05, 0.1) is 26.4 Å². The van der Waals surface area contributed by atoms with Crippen molar-refractivity contribution >= 4 is 39.5 Å². The number of carbonyl (C=O) groups excluding carboxylic acids is 4. The van der Waals surface area contributed by atoms with Crippen molar-refractivity contribution in [3.63, 3.8) is 0 Å². The molecule has 0 aromatic rings. The summed E-state index contributed by atoms with van der Waals surface area (Å²) in [4.78, 5) is 72.7. The molecule has 0 aromatic heterocycles. The van der Waals surface area contributed by atoms with E-state index in [0.29, 0.717) is 25.7 Å². The fourth-order valence-electron chi connectivity index (χ4n) is 9.06. The number of ether oxygens (including phenoxy) is 4. The molecule has 0 aromatic carbocycles. The Kier molecular flexibility index (Phi) is 65.3. The minimum atomic E-state index is -4.99. The summed E-state index contributed by atoms with van der Waals surface area (Å²) in [6.07, 6.45) is 74.6. The SMILES string of the molecule is CC/C=C\C/C=C\C/C=C\C/C=C\CCCCC(=O)OCC(COP(=O)(O)OCC(O)COP(=O)(O)OCC(COC(=O)CCCCCCC/C=C\C/C=C\C/C=C\CC)OC(=O)CCCCCCC/C=C\C/C=C\CCC)OC(=O)CCCCCCC/C=C\C/C=C\CCC. The van der Waals surface area contributed by atoms with Crippen molar-refractivity contribution in [1.29, 1.82) is 0 Å². The lowest BCUT2D eigenvalue weighted by Crippen LogP contribution is -2.30. The van der Waals surface area contributed by atoms with Crippen LogP contribution in [0.3, 0.4) is 0 Å². The number of aliphatic hydroxyl groups excluding tert-OH is 1. The molecule has 3 N–H and O–H groups in total. The van der Waals surface area contributed by atoms with Crippen molar-refractivity contribution in [1.82, 2.24) is 0 Å². The summed E-state index contributed by atoms with van der Waals surface area (Å²) in [5.41, 5.74) is 0. The van der Waals surface area contributed by atoms with E-state index in [1.54, 1.807) is 0 Å². The highest BCUT2D eigenvalue weighted by atomic mass is 31.2. The third kappa shape index (κ3) is 67.8. The van der Waals surface area contributed by atoms with Gasteiger partial charge in [-0.05, 0) is 148 Å². The van der Waals surface area contributed by atoms with Gasteiger partial charge in [0, 0.05) is 25.7 Å². The van der Waals surface area contributed by atoms with Gasteiger partial charge in [-0.1, -0.05) is 232 Å². The zero-order chi connectivity index (χ0) is 70.4. The van der Waals surface area contributed by atoms with E-state index in [-0.39, 0.29) is 25.7 Å². The number of allylic oxidation sites excluding steroid dienone is 22. The largest absolute Gasteiger partial charge is 0.472 e. The van der Waals surface area contributed by atoms with Crippen LogP contribution in [0.2, 0.25) is 0 Å². The lowest BCUT2D eigenvalue weighted by molar-refractivity contribution is -0.161. The second-order valence-electron chi connectivity index (χ2n) is 23.8. The van der Waals surface area contributed by atoms with Crippen LogP contribution < -0.4 is 0 Å². The van der Waals surface area contributed by atoms with Crippen molar-refractivity contribution in [2.45, 2.75) is 290 Å². The molecule has 0 amide bonds. The minimum Gasteiger partial charge on any atom is -0.462 e. The van der Waals surface area contributed by atoms with E-state index >= 15 is 0 Å². The summed E-state index contributed by atoms with van der Waals surface area (Å²) in [5, 5.41) is 10.6. The molecule has 0 aliphatic rings. The van der Waals surface area contributed by atoms with Crippen LogP contribution in [-0.2, 0) is 65.4 Å². The second-order valence-corrected chi connectivity index (χ2v) is 26.7. The highest BCUT2D eigenvalue weighted by molar-refractivity contribution is 7.47.